The Bertz CT molecular complexity index is 542. The van der Waals surface area contributed by atoms with Gasteiger partial charge in [-0.25, -0.2) is 9.97 Å². The topological polar surface area (TPSA) is 46.0 Å². The first kappa shape index (κ1) is 12.8. The van der Waals surface area contributed by atoms with Gasteiger partial charge in [0.25, 0.3) is 0 Å². The maximum Gasteiger partial charge on any atom is 0.161 e. The number of hydrogen-bond donors (Lipinski definition) is 1. The van der Waals surface area contributed by atoms with E-state index in [1.807, 2.05) is 6.92 Å². The lowest BCUT2D eigenvalue weighted by atomic mass is 10.0. The van der Waals surface area contributed by atoms with Gasteiger partial charge in [0.2, 0.25) is 0 Å². The minimum absolute atomic E-state index is 0.223. The van der Waals surface area contributed by atoms with E-state index in [-0.39, 0.29) is 5.75 Å². The molecule has 1 aromatic heterocycles. The van der Waals surface area contributed by atoms with Crippen molar-refractivity contribution in [3.8, 4) is 17.1 Å². The first-order valence-corrected chi connectivity index (χ1v) is 6.20. The van der Waals surface area contributed by atoms with Crippen molar-refractivity contribution in [2.45, 2.75) is 26.7 Å². The summed E-state index contributed by atoms with van der Waals surface area (Å²) in [4.78, 5) is 8.81. The van der Waals surface area contributed by atoms with Gasteiger partial charge in [0, 0.05) is 16.8 Å². The van der Waals surface area contributed by atoms with Crippen LogP contribution in [0.4, 0.5) is 0 Å². The summed E-state index contributed by atoms with van der Waals surface area (Å²) in [5.41, 5.74) is 2.72. The summed E-state index contributed by atoms with van der Waals surface area (Å²) < 4.78 is 0. The van der Waals surface area contributed by atoms with Crippen molar-refractivity contribution < 1.29 is 5.11 Å². The molecule has 0 fully saturated rings. The Morgan fingerprint density at radius 1 is 1.11 bits per heavy atom. The summed E-state index contributed by atoms with van der Waals surface area (Å²) in [5.74, 6) is 1.11. The predicted molar refractivity (Wildman–Crippen MR) is 73.0 cm³/mol. The normalized spacial score (nSPS) is 10.9. The van der Waals surface area contributed by atoms with E-state index in [0.717, 1.165) is 16.8 Å². The Hall–Kier alpha value is -1.61. The summed E-state index contributed by atoms with van der Waals surface area (Å²) >= 11 is 6.21. The standard InChI is InChI=1S/C14H15ClN2O/c1-8(2)12-9(3)16-14(17-13(12)15)10-4-6-11(18)7-5-10/h4-8,18H,1-3H3. The SMILES string of the molecule is Cc1nc(-c2ccc(O)cc2)nc(Cl)c1C(C)C. The maximum atomic E-state index is 9.26. The number of phenols is 1. The van der Waals surface area contributed by atoms with Gasteiger partial charge in [-0.15, -0.1) is 0 Å². The highest BCUT2D eigenvalue weighted by atomic mass is 35.5. The number of benzene rings is 1. The molecule has 1 aromatic carbocycles. The Balaban J connectivity index is 2.51. The number of rotatable bonds is 2. The molecule has 1 N–H and O–H groups in total. The Morgan fingerprint density at radius 2 is 1.72 bits per heavy atom. The van der Waals surface area contributed by atoms with Crippen LogP contribution in [0.5, 0.6) is 5.75 Å². The van der Waals surface area contributed by atoms with Crippen LogP contribution in [0.15, 0.2) is 24.3 Å². The van der Waals surface area contributed by atoms with Crippen molar-refractivity contribution in [3.05, 3.63) is 40.7 Å². The molecule has 0 aliphatic heterocycles. The van der Waals surface area contributed by atoms with Crippen molar-refractivity contribution in [1.29, 1.82) is 0 Å². The molecule has 3 nitrogen and oxygen atoms in total. The van der Waals surface area contributed by atoms with Crippen LogP contribution in [0.3, 0.4) is 0 Å². The third-order valence-corrected chi connectivity index (χ3v) is 3.08. The fourth-order valence-electron chi connectivity index (χ4n) is 1.94. The molecule has 0 aliphatic rings. The third kappa shape index (κ3) is 2.46. The summed E-state index contributed by atoms with van der Waals surface area (Å²) in [6, 6.07) is 6.77. The first-order chi connectivity index (χ1) is 8.49. The lowest BCUT2D eigenvalue weighted by Crippen LogP contribution is -2.01. The minimum atomic E-state index is 0.223. The Morgan fingerprint density at radius 3 is 2.22 bits per heavy atom. The van der Waals surface area contributed by atoms with Gasteiger partial charge in [0.1, 0.15) is 10.9 Å². The Labute approximate surface area is 111 Å². The number of aromatic hydroxyl groups is 1. The summed E-state index contributed by atoms with van der Waals surface area (Å²) in [6.45, 7) is 6.07. The molecule has 0 spiro atoms. The van der Waals surface area contributed by atoms with Gasteiger partial charge in [-0.1, -0.05) is 25.4 Å². The number of phenolic OH excluding ortho intramolecular Hbond substituents is 1. The number of hydrogen-bond acceptors (Lipinski definition) is 3. The predicted octanol–water partition coefficient (Wildman–Crippen LogP) is 3.93. The van der Waals surface area contributed by atoms with Gasteiger partial charge in [-0.2, -0.15) is 0 Å². The molecule has 2 aromatic rings. The molecule has 0 saturated carbocycles. The molecule has 94 valence electrons. The molecule has 0 saturated heterocycles. The molecule has 0 atom stereocenters. The molecule has 0 amide bonds. The quantitative estimate of drug-likeness (QED) is 0.834. The average Bonchev–Trinajstić information content (AvgIpc) is 2.28. The van der Waals surface area contributed by atoms with Crippen LogP contribution < -0.4 is 0 Å². The van der Waals surface area contributed by atoms with Crippen molar-refractivity contribution >= 4 is 11.6 Å². The van der Waals surface area contributed by atoms with E-state index in [4.69, 9.17) is 11.6 Å². The van der Waals surface area contributed by atoms with E-state index in [9.17, 15) is 5.11 Å². The summed E-state index contributed by atoms with van der Waals surface area (Å²) in [6.07, 6.45) is 0. The summed E-state index contributed by atoms with van der Waals surface area (Å²) in [5, 5.41) is 9.76. The smallest absolute Gasteiger partial charge is 0.161 e. The average molecular weight is 263 g/mol. The highest BCUT2D eigenvalue weighted by Crippen LogP contribution is 2.28. The lowest BCUT2D eigenvalue weighted by Gasteiger charge is -2.12. The van der Waals surface area contributed by atoms with Crippen molar-refractivity contribution in [1.82, 2.24) is 9.97 Å². The van der Waals surface area contributed by atoms with Crippen molar-refractivity contribution in [3.63, 3.8) is 0 Å². The van der Waals surface area contributed by atoms with Gasteiger partial charge >= 0.3 is 0 Å². The number of halogens is 1. The van der Waals surface area contributed by atoms with Crippen LogP contribution >= 0.6 is 11.6 Å². The number of nitrogens with zero attached hydrogens (tertiary/aromatic N) is 2. The molecule has 1 heterocycles. The van der Waals surface area contributed by atoms with Crippen LogP contribution in [0.2, 0.25) is 5.15 Å². The molecular weight excluding hydrogens is 248 g/mol. The van der Waals surface area contributed by atoms with E-state index in [0.29, 0.717) is 16.9 Å². The zero-order valence-corrected chi connectivity index (χ0v) is 11.4. The first-order valence-electron chi connectivity index (χ1n) is 5.82. The molecule has 18 heavy (non-hydrogen) atoms. The lowest BCUT2D eigenvalue weighted by molar-refractivity contribution is 0.475. The maximum absolute atomic E-state index is 9.26. The van der Waals surface area contributed by atoms with E-state index in [1.165, 1.54) is 0 Å². The molecule has 0 aliphatic carbocycles. The second-order valence-corrected chi connectivity index (χ2v) is 4.90. The van der Waals surface area contributed by atoms with Crippen LogP contribution in [-0.4, -0.2) is 15.1 Å². The highest BCUT2D eigenvalue weighted by molar-refractivity contribution is 6.30. The number of aryl methyl sites for hydroxylation is 1. The van der Waals surface area contributed by atoms with Gasteiger partial charge in [-0.05, 0) is 37.1 Å². The zero-order valence-electron chi connectivity index (χ0n) is 10.6. The van der Waals surface area contributed by atoms with E-state index in [2.05, 4.69) is 23.8 Å². The van der Waals surface area contributed by atoms with Gasteiger partial charge in [0.15, 0.2) is 5.82 Å². The van der Waals surface area contributed by atoms with Crippen LogP contribution in [0.1, 0.15) is 31.0 Å². The second-order valence-electron chi connectivity index (χ2n) is 4.54. The second kappa shape index (κ2) is 4.94. The van der Waals surface area contributed by atoms with Crippen LogP contribution in [-0.2, 0) is 0 Å². The van der Waals surface area contributed by atoms with Crippen LogP contribution in [0.25, 0.3) is 11.4 Å². The fraction of sp³-hybridized carbons (Fsp3) is 0.286. The fourth-order valence-corrected chi connectivity index (χ4v) is 2.38. The Kier molecular flexibility index (Phi) is 3.53. The van der Waals surface area contributed by atoms with Crippen molar-refractivity contribution in [2.24, 2.45) is 0 Å². The van der Waals surface area contributed by atoms with Gasteiger partial charge < -0.3 is 5.11 Å². The van der Waals surface area contributed by atoms with Gasteiger partial charge in [0.05, 0.1) is 0 Å². The zero-order chi connectivity index (χ0) is 13.3. The van der Waals surface area contributed by atoms with Crippen LogP contribution in [0, 0.1) is 6.92 Å². The number of aromatic nitrogens is 2. The monoisotopic (exact) mass is 262 g/mol. The van der Waals surface area contributed by atoms with E-state index >= 15 is 0 Å². The molecule has 0 unspecified atom stereocenters. The molecule has 0 radical (unpaired) electrons. The molecular formula is C14H15ClN2O. The highest BCUT2D eigenvalue weighted by Gasteiger charge is 2.13. The summed E-state index contributed by atoms with van der Waals surface area (Å²) in [7, 11) is 0. The third-order valence-electron chi connectivity index (χ3n) is 2.79. The molecule has 2 rings (SSSR count). The largest absolute Gasteiger partial charge is 0.508 e. The molecule has 4 heteroatoms. The molecule has 0 bridgehead atoms. The van der Waals surface area contributed by atoms with Crippen molar-refractivity contribution in [2.75, 3.05) is 0 Å². The minimum Gasteiger partial charge on any atom is -0.508 e. The van der Waals surface area contributed by atoms with E-state index < -0.39 is 0 Å². The van der Waals surface area contributed by atoms with Gasteiger partial charge in [-0.3, -0.25) is 0 Å². The van der Waals surface area contributed by atoms with E-state index in [1.54, 1.807) is 24.3 Å².